The van der Waals surface area contributed by atoms with E-state index in [2.05, 4.69) is 0 Å². The number of ether oxygens (including phenoxy) is 1. The number of hydrogen-bond acceptors (Lipinski definition) is 4. The third-order valence-electron chi connectivity index (χ3n) is 3.75. The van der Waals surface area contributed by atoms with Crippen LogP contribution in [0.3, 0.4) is 0 Å². The summed E-state index contributed by atoms with van der Waals surface area (Å²) in [7, 11) is 0. The summed E-state index contributed by atoms with van der Waals surface area (Å²) in [5.41, 5.74) is -0.593. The lowest BCUT2D eigenvalue weighted by Gasteiger charge is -2.16. The van der Waals surface area contributed by atoms with E-state index in [0.717, 1.165) is 50.7 Å². The van der Waals surface area contributed by atoms with Crippen molar-refractivity contribution in [1.82, 2.24) is 0 Å². The Morgan fingerprint density at radius 2 is 1.90 bits per heavy atom. The van der Waals surface area contributed by atoms with Crippen molar-refractivity contribution in [2.75, 3.05) is 0 Å². The van der Waals surface area contributed by atoms with Crippen molar-refractivity contribution >= 4 is 11.7 Å². The molecule has 0 saturated heterocycles. The number of nitrogens with zero attached hydrogens (tertiary/aromatic N) is 1. The molecule has 0 radical (unpaired) electrons. The van der Waals surface area contributed by atoms with Gasteiger partial charge < -0.3 is 4.74 Å². The Kier molecular flexibility index (Phi) is 4.88. The lowest BCUT2D eigenvalue weighted by molar-refractivity contribution is -0.385. The van der Waals surface area contributed by atoms with Gasteiger partial charge in [0.25, 0.3) is 5.69 Å². The van der Waals surface area contributed by atoms with E-state index in [-0.39, 0.29) is 22.9 Å². The van der Waals surface area contributed by atoms with Crippen molar-refractivity contribution < 1.29 is 18.8 Å². The summed E-state index contributed by atoms with van der Waals surface area (Å²) < 4.78 is 19.3. The minimum absolute atomic E-state index is 0.0667. The van der Waals surface area contributed by atoms with Crippen molar-refractivity contribution in [3.63, 3.8) is 0 Å². The second-order valence-electron chi connectivity index (χ2n) is 5.40. The molecule has 0 aromatic heterocycles. The lowest BCUT2D eigenvalue weighted by atomic mass is 10.1. The van der Waals surface area contributed by atoms with Gasteiger partial charge in [0.05, 0.1) is 4.92 Å². The number of nitro benzene ring substituents is 1. The summed E-state index contributed by atoms with van der Waals surface area (Å²) in [4.78, 5) is 22.2. The van der Waals surface area contributed by atoms with Gasteiger partial charge in [-0.25, -0.2) is 9.18 Å². The van der Waals surface area contributed by atoms with Crippen LogP contribution in [0.2, 0.25) is 0 Å². The maximum absolute atomic E-state index is 14.0. The first-order valence-corrected chi connectivity index (χ1v) is 7.14. The van der Waals surface area contributed by atoms with E-state index in [4.69, 9.17) is 4.74 Å². The molecule has 0 aliphatic heterocycles. The van der Waals surface area contributed by atoms with Gasteiger partial charge in [-0.15, -0.1) is 0 Å². The minimum atomic E-state index is -0.814. The fraction of sp³-hybridized carbons (Fsp3) is 0.533. The Labute approximate surface area is 122 Å². The van der Waals surface area contributed by atoms with E-state index in [0.29, 0.717) is 0 Å². The number of aryl methyl sites for hydroxylation is 1. The zero-order chi connectivity index (χ0) is 15.4. The van der Waals surface area contributed by atoms with Crippen LogP contribution in [0, 0.1) is 22.9 Å². The first-order chi connectivity index (χ1) is 9.99. The molecule has 1 aliphatic carbocycles. The van der Waals surface area contributed by atoms with Gasteiger partial charge >= 0.3 is 5.97 Å². The number of esters is 1. The predicted molar refractivity (Wildman–Crippen MR) is 74.7 cm³/mol. The quantitative estimate of drug-likeness (QED) is 0.367. The van der Waals surface area contributed by atoms with Crippen LogP contribution in [0.15, 0.2) is 12.1 Å². The van der Waals surface area contributed by atoms with Crippen LogP contribution in [0.1, 0.15) is 54.4 Å². The third-order valence-corrected chi connectivity index (χ3v) is 3.75. The highest BCUT2D eigenvalue weighted by atomic mass is 19.1. The molecule has 1 aromatic carbocycles. The molecule has 1 saturated carbocycles. The number of hydrogen-bond donors (Lipinski definition) is 0. The Balaban J connectivity index is 2.19. The molecule has 1 aromatic rings. The van der Waals surface area contributed by atoms with Crippen LogP contribution in [0.5, 0.6) is 0 Å². The SMILES string of the molecule is Cc1cc([N+](=O)[O-])cc(C(=O)OC2CCCCCC2)c1F. The minimum Gasteiger partial charge on any atom is -0.459 e. The fourth-order valence-electron chi connectivity index (χ4n) is 2.58. The predicted octanol–water partition coefficient (Wildman–Crippen LogP) is 3.92. The second kappa shape index (κ2) is 6.65. The Morgan fingerprint density at radius 3 is 2.48 bits per heavy atom. The monoisotopic (exact) mass is 295 g/mol. The highest BCUT2D eigenvalue weighted by Gasteiger charge is 2.24. The largest absolute Gasteiger partial charge is 0.459 e. The van der Waals surface area contributed by atoms with E-state index < -0.39 is 16.7 Å². The summed E-state index contributed by atoms with van der Waals surface area (Å²) in [5.74, 6) is -1.56. The standard InChI is InChI=1S/C15H18FNO4/c1-10-8-11(17(19)20)9-13(14(10)16)15(18)21-12-6-4-2-3-5-7-12/h8-9,12H,2-7H2,1H3. The molecule has 0 unspecified atom stereocenters. The van der Waals surface area contributed by atoms with Crippen LogP contribution >= 0.6 is 0 Å². The summed E-state index contributed by atoms with van der Waals surface area (Å²) in [6.07, 6.45) is 5.49. The zero-order valence-electron chi connectivity index (χ0n) is 11.9. The van der Waals surface area contributed by atoms with Gasteiger partial charge in [0, 0.05) is 12.1 Å². The van der Waals surface area contributed by atoms with E-state index in [1.807, 2.05) is 0 Å². The number of carbonyl (C=O) groups excluding carboxylic acids is 1. The average Bonchev–Trinajstić information content (AvgIpc) is 2.69. The fourth-order valence-corrected chi connectivity index (χ4v) is 2.58. The van der Waals surface area contributed by atoms with Gasteiger partial charge in [0.2, 0.25) is 0 Å². The molecule has 1 fully saturated rings. The van der Waals surface area contributed by atoms with E-state index >= 15 is 0 Å². The molecule has 5 nitrogen and oxygen atoms in total. The molecular weight excluding hydrogens is 277 g/mol. The average molecular weight is 295 g/mol. The molecule has 0 heterocycles. The van der Waals surface area contributed by atoms with E-state index in [1.165, 1.54) is 6.92 Å². The van der Waals surface area contributed by atoms with Crippen molar-refractivity contribution in [1.29, 1.82) is 0 Å². The molecule has 0 amide bonds. The van der Waals surface area contributed by atoms with Crippen molar-refractivity contribution in [3.05, 3.63) is 39.2 Å². The highest BCUT2D eigenvalue weighted by molar-refractivity contribution is 5.91. The summed E-state index contributed by atoms with van der Waals surface area (Å²) in [6.45, 7) is 1.39. The maximum atomic E-state index is 14.0. The molecule has 6 heteroatoms. The molecule has 1 aliphatic rings. The topological polar surface area (TPSA) is 69.4 Å². The lowest BCUT2D eigenvalue weighted by Crippen LogP contribution is -2.19. The van der Waals surface area contributed by atoms with Gasteiger partial charge in [0.15, 0.2) is 0 Å². The van der Waals surface area contributed by atoms with E-state index in [9.17, 15) is 19.3 Å². The van der Waals surface area contributed by atoms with Crippen LogP contribution in [0.4, 0.5) is 10.1 Å². The number of benzene rings is 1. The second-order valence-corrected chi connectivity index (χ2v) is 5.40. The van der Waals surface area contributed by atoms with Gasteiger partial charge in [-0.3, -0.25) is 10.1 Å². The van der Waals surface area contributed by atoms with Gasteiger partial charge in [-0.05, 0) is 38.2 Å². The maximum Gasteiger partial charge on any atom is 0.341 e. The molecule has 114 valence electrons. The number of non-ortho nitro benzene ring substituents is 1. The van der Waals surface area contributed by atoms with Crippen molar-refractivity contribution in [2.24, 2.45) is 0 Å². The Bertz CT molecular complexity index is 551. The number of halogens is 1. The van der Waals surface area contributed by atoms with Crippen LogP contribution in [-0.4, -0.2) is 17.0 Å². The van der Waals surface area contributed by atoms with Gasteiger partial charge in [-0.2, -0.15) is 0 Å². The highest BCUT2D eigenvalue weighted by Crippen LogP contribution is 2.25. The number of nitro groups is 1. The summed E-state index contributed by atoms with van der Waals surface area (Å²) in [5, 5.41) is 10.8. The Hall–Kier alpha value is -1.98. The molecule has 21 heavy (non-hydrogen) atoms. The zero-order valence-corrected chi connectivity index (χ0v) is 11.9. The van der Waals surface area contributed by atoms with Crippen LogP contribution in [-0.2, 0) is 4.74 Å². The molecule has 0 atom stereocenters. The third kappa shape index (κ3) is 3.77. The summed E-state index contributed by atoms with van der Waals surface area (Å²) >= 11 is 0. The molecule has 0 N–H and O–H groups in total. The van der Waals surface area contributed by atoms with Crippen molar-refractivity contribution in [3.8, 4) is 0 Å². The molecule has 2 rings (SSSR count). The molecular formula is C15H18FNO4. The molecule has 0 spiro atoms. The van der Waals surface area contributed by atoms with E-state index in [1.54, 1.807) is 0 Å². The van der Waals surface area contributed by atoms with Crippen molar-refractivity contribution in [2.45, 2.75) is 51.6 Å². The first kappa shape index (κ1) is 15.4. The van der Waals surface area contributed by atoms with Gasteiger partial charge in [0.1, 0.15) is 17.5 Å². The van der Waals surface area contributed by atoms with Crippen LogP contribution < -0.4 is 0 Å². The number of rotatable bonds is 3. The Morgan fingerprint density at radius 1 is 1.29 bits per heavy atom. The normalized spacial score (nSPS) is 16.3. The smallest absolute Gasteiger partial charge is 0.341 e. The van der Waals surface area contributed by atoms with Crippen LogP contribution in [0.25, 0.3) is 0 Å². The summed E-state index contributed by atoms with van der Waals surface area (Å²) in [6, 6.07) is 2.05. The molecule has 0 bridgehead atoms. The van der Waals surface area contributed by atoms with Gasteiger partial charge in [-0.1, -0.05) is 12.8 Å². The number of carbonyl (C=O) groups is 1. The first-order valence-electron chi connectivity index (χ1n) is 7.14.